The van der Waals surface area contributed by atoms with E-state index in [4.69, 9.17) is 23.2 Å². The summed E-state index contributed by atoms with van der Waals surface area (Å²) in [5, 5.41) is 3.16. The van der Waals surface area contributed by atoms with E-state index in [9.17, 15) is 19.2 Å². The van der Waals surface area contributed by atoms with Crippen molar-refractivity contribution in [3.05, 3.63) is 119 Å². The Balaban J connectivity index is 1.18. The molecule has 61 heavy (non-hydrogen) atoms. The van der Waals surface area contributed by atoms with Crippen LogP contribution in [0.25, 0.3) is 56.2 Å². The highest BCUT2D eigenvalue weighted by Crippen LogP contribution is 2.48. The van der Waals surface area contributed by atoms with Crippen LogP contribution in [0.2, 0.25) is 10.0 Å². The summed E-state index contributed by atoms with van der Waals surface area (Å²) in [7, 11) is 4.01. The third-order valence-corrected chi connectivity index (χ3v) is 13.8. The van der Waals surface area contributed by atoms with E-state index in [1.165, 1.54) is 11.8 Å². The number of hydrogen-bond acceptors (Lipinski definition) is 5. The van der Waals surface area contributed by atoms with Crippen LogP contribution < -0.4 is 0 Å². The molecular weight excluding hydrogens is 828 g/mol. The molecule has 0 unspecified atom stereocenters. The fourth-order valence-electron chi connectivity index (χ4n) is 8.38. The Morgan fingerprint density at radius 3 is 1.28 bits per heavy atom. The van der Waals surface area contributed by atoms with E-state index in [1.807, 2.05) is 75.0 Å². The zero-order valence-electron chi connectivity index (χ0n) is 34.5. The number of nitrogens with zero attached hydrogens (tertiary/aromatic N) is 6. The molecule has 2 aliphatic heterocycles. The molecule has 2 aliphatic rings. The van der Waals surface area contributed by atoms with Crippen molar-refractivity contribution < 1.29 is 19.2 Å². The van der Waals surface area contributed by atoms with Crippen molar-refractivity contribution in [3.63, 3.8) is 0 Å². The Morgan fingerprint density at radius 2 is 0.902 bits per heavy atom. The van der Waals surface area contributed by atoms with Crippen molar-refractivity contribution in [2.45, 2.75) is 23.6 Å². The number of aromatic nitrogens is 2. The van der Waals surface area contributed by atoms with Crippen LogP contribution in [0.1, 0.15) is 25.0 Å². The Bertz CT molecular complexity index is 2590. The Labute approximate surface area is 369 Å². The number of rotatable bonds is 8. The number of fused-ring (bicyclic) bond motifs is 2. The highest BCUT2D eigenvalue weighted by Gasteiger charge is 2.25. The van der Waals surface area contributed by atoms with Crippen molar-refractivity contribution in [1.82, 2.24) is 28.7 Å². The second-order valence-corrected chi connectivity index (χ2v) is 17.3. The van der Waals surface area contributed by atoms with E-state index in [0.717, 1.165) is 65.0 Å². The molecule has 2 aromatic heterocycles. The van der Waals surface area contributed by atoms with Gasteiger partial charge in [0.1, 0.15) is 0 Å². The summed E-state index contributed by atoms with van der Waals surface area (Å²) in [6.07, 6.45) is 10.9. The summed E-state index contributed by atoms with van der Waals surface area (Å²) in [4.78, 5) is 59.3. The lowest BCUT2D eigenvalue weighted by Crippen LogP contribution is -2.49. The quantitative estimate of drug-likeness (QED) is 0.143. The number of aryl methyl sites for hydroxylation is 2. The number of para-hydroxylation sites is 2. The van der Waals surface area contributed by atoms with Crippen LogP contribution >= 0.6 is 35.0 Å². The number of hydrogen-bond donors (Lipinski definition) is 0. The number of amides is 4. The molecule has 8 rings (SSSR count). The van der Waals surface area contributed by atoms with Crippen LogP contribution in [0.5, 0.6) is 0 Å². The topological polar surface area (TPSA) is 91.1 Å². The van der Waals surface area contributed by atoms with Gasteiger partial charge in [-0.1, -0.05) is 83.5 Å². The first-order valence-electron chi connectivity index (χ1n) is 20.3. The Hall–Kier alpha value is -5.75. The van der Waals surface area contributed by atoms with Crippen LogP contribution in [-0.2, 0) is 33.3 Å². The molecule has 6 aromatic rings. The fourth-order valence-corrected chi connectivity index (χ4v) is 10.0. The molecule has 0 aliphatic carbocycles. The second kappa shape index (κ2) is 17.7. The number of carbonyl (C=O) groups excluding carboxylic acids is 4. The molecule has 13 heteroatoms. The summed E-state index contributed by atoms with van der Waals surface area (Å²) < 4.78 is 4.15. The minimum absolute atomic E-state index is 0.0123. The highest BCUT2D eigenvalue weighted by atomic mass is 35.5. The second-order valence-electron chi connectivity index (χ2n) is 15.5. The van der Waals surface area contributed by atoms with E-state index < -0.39 is 0 Å². The third kappa shape index (κ3) is 8.47. The summed E-state index contributed by atoms with van der Waals surface area (Å²) in [6, 6.07) is 24.3. The summed E-state index contributed by atoms with van der Waals surface area (Å²) >= 11 is 16.5. The maximum absolute atomic E-state index is 13.5. The smallest absolute Gasteiger partial charge is 0.246 e. The zero-order valence-corrected chi connectivity index (χ0v) is 36.9. The van der Waals surface area contributed by atoms with Crippen LogP contribution in [0.4, 0.5) is 0 Å². The number of piperazine rings is 2. The standard InChI is InChI=1S/C48H46Cl2N6O4S/c1-31(57)53-23-27-55(28-24-53)41(59)17-13-33-11-15-39(45(49)43(33)37-9-5-7-35-19-21-51(3)47(35)37)61-40-16-12-34(14-18-42(60)56-29-25-54(26-30-56)32(2)58)44(46(40)50)38-10-6-8-36-20-22-52(4)48(36)38/h5-22H,23-30H2,1-4H3. The van der Waals surface area contributed by atoms with E-state index in [0.29, 0.717) is 62.4 Å². The van der Waals surface area contributed by atoms with E-state index >= 15 is 0 Å². The molecule has 10 nitrogen and oxygen atoms in total. The van der Waals surface area contributed by atoms with E-state index in [2.05, 4.69) is 45.5 Å². The minimum atomic E-state index is -0.125. The largest absolute Gasteiger partial charge is 0.350 e. The van der Waals surface area contributed by atoms with Crippen molar-refractivity contribution in [3.8, 4) is 22.3 Å². The number of carbonyl (C=O) groups is 4. The average Bonchev–Trinajstić information content (AvgIpc) is 3.85. The van der Waals surface area contributed by atoms with Crippen molar-refractivity contribution in [1.29, 1.82) is 0 Å². The molecule has 4 amide bonds. The average molecular weight is 874 g/mol. The molecule has 0 atom stereocenters. The number of benzene rings is 4. The molecule has 4 heterocycles. The van der Waals surface area contributed by atoms with Crippen LogP contribution in [0, 0.1) is 0 Å². The molecule has 2 saturated heterocycles. The lowest BCUT2D eigenvalue weighted by molar-refractivity contribution is -0.135. The number of halogens is 2. The first-order valence-corrected chi connectivity index (χ1v) is 21.8. The van der Waals surface area contributed by atoms with Gasteiger partial charge in [0, 0.05) is 148 Å². The molecule has 0 spiro atoms. The van der Waals surface area contributed by atoms with Gasteiger partial charge in [0.15, 0.2) is 0 Å². The van der Waals surface area contributed by atoms with Gasteiger partial charge in [-0.05, 0) is 47.5 Å². The molecule has 4 aromatic carbocycles. The van der Waals surface area contributed by atoms with Crippen molar-refractivity contribution in [2.75, 3.05) is 52.4 Å². The normalized spacial score (nSPS) is 14.9. The predicted octanol–water partition coefficient (Wildman–Crippen LogP) is 8.87. The monoisotopic (exact) mass is 872 g/mol. The van der Waals surface area contributed by atoms with E-state index in [1.54, 1.807) is 45.6 Å². The molecule has 312 valence electrons. The van der Waals surface area contributed by atoms with Gasteiger partial charge in [-0.15, -0.1) is 0 Å². The molecule has 0 N–H and O–H groups in total. The first-order chi connectivity index (χ1) is 29.4. The fraction of sp³-hybridized carbons (Fsp3) is 0.250. The SMILES string of the molecule is CC(=O)N1CCN(C(=O)C=Cc2ccc(Sc3ccc(C=CC(=O)N4CCN(C(C)=O)CC4)c(-c4cccc5ccn(C)c45)c3Cl)c(Cl)c2-c2cccc3ccn(C)c23)CC1. The van der Waals surface area contributed by atoms with E-state index in [-0.39, 0.29) is 23.6 Å². The van der Waals surface area contributed by atoms with Gasteiger partial charge in [-0.2, -0.15) is 0 Å². The summed E-state index contributed by atoms with van der Waals surface area (Å²) in [5.41, 5.74) is 7.02. The maximum atomic E-state index is 13.5. The maximum Gasteiger partial charge on any atom is 0.246 e. The zero-order chi connectivity index (χ0) is 42.9. The van der Waals surface area contributed by atoms with Crippen molar-refractivity contribution >= 4 is 92.6 Å². The Morgan fingerprint density at radius 1 is 0.525 bits per heavy atom. The first kappa shape index (κ1) is 42.0. The summed E-state index contributed by atoms with van der Waals surface area (Å²) in [6.45, 7) is 7.03. The van der Waals surface area contributed by atoms with Gasteiger partial charge < -0.3 is 28.7 Å². The van der Waals surface area contributed by atoms with Crippen LogP contribution in [0.3, 0.4) is 0 Å². The van der Waals surface area contributed by atoms with Gasteiger partial charge >= 0.3 is 0 Å². The molecule has 0 bridgehead atoms. The molecule has 2 fully saturated rings. The van der Waals surface area contributed by atoms with Crippen molar-refractivity contribution in [2.24, 2.45) is 14.1 Å². The molecule has 0 radical (unpaired) electrons. The minimum Gasteiger partial charge on any atom is -0.350 e. The van der Waals surface area contributed by atoms with Gasteiger partial charge in [0.2, 0.25) is 23.6 Å². The lowest BCUT2D eigenvalue weighted by Gasteiger charge is -2.33. The molecule has 0 saturated carbocycles. The van der Waals surface area contributed by atoms with Crippen LogP contribution in [-0.4, -0.2) is 105 Å². The lowest BCUT2D eigenvalue weighted by atomic mass is 9.97. The Kier molecular flexibility index (Phi) is 12.2. The third-order valence-electron chi connectivity index (χ3n) is 11.7. The van der Waals surface area contributed by atoms with Gasteiger partial charge in [-0.3, -0.25) is 19.2 Å². The van der Waals surface area contributed by atoms with Gasteiger partial charge in [0.25, 0.3) is 0 Å². The summed E-state index contributed by atoms with van der Waals surface area (Å²) in [5.74, 6) is -0.226. The highest BCUT2D eigenvalue weighted by molar-refractivity contribution is 7.99. The van der Waals surface area contributed by atoms with Gasteiger partial charge in [-0.25, -0.2) is 0 Å². The van der Waals surface area contributed by atoms with Crippen LogP contribution in [0.15, 0.2) is 107 Å². The van der Waals surface area contributed by atoms with Gasteiger partial charge in [0.05, 0.1) is 21.1 Å². The predicted molar refractivity (Wildman–Crippen MR) is 247 cm³/mol. The molecular formula is C48H46Cl2N6O4S.